The van der Waals surface area contributed by atoms with Crippen molar-refractivity contribution >= 4 is 11.6 Å². The Morgan fingerprint density at radius 3 is 2.79 bits per heavy atom. The van der Waals surface area contributed by atoms with Gasteiger partial charge >= 0.3 is 0 Å². The van der Waals surface area contributed by atoms with Crippen molar-refractivity contribution in [3.8, 4) is 6.07 Å². The van der Waals surface area contributed by atoms with Crippen LogP contribution in [-0.4, -0.2) is 24.2 Å². The Hall–Kier alpha value is -2.32. The van der Waals surface area contributed by atoms with E-state index in [9.17, 15) is 4.79 Å². The molecular weight excluding hydrogens is 242 g/mol. The molecule has 0 saturated carbocycles. The highest BCUT2D eigenvalue weighted by molar-refractivity contribution is 6.06. The molecule has 0 saturated heterocycles. The van der Waals surface area contributed by atoms with E-state index in [1.807, 2.05) is 32.0 Å². The third kappa shape index (κ3) is 4.45. The van der Waals surface area contributed by atoms with Gasteiger partial charge in [-0.15, -0.1) is 0 Å². The maximum atomic E-state index is 11.9. The summed E-state index contributed by atoms with van der Waals surface area (Å²) in [7, 11) is 0. The van der Waals surface area contributed by atoms with Gasteiger partial charge in [0.1, 0.15) is 11.6 Å². The van der Waals surface area contributed by atoms with Gasteiger partial charge in [-0.1, -0.05) is 17.7 Å². The second kappa shape index (κ2) is 7.19. The average molecular weight is 259 g/mol. The predicted octanol–water partition coefficient (Wildman–Crippen LogP) is 1.23. The van der Waals surface area contributed by atoms with Crippen LogP contribution in [0.3, 0.4) is 0 Å². The highest BCUT2D eigenvalue weighted by Crippen LogP contribution is 2.16. The number of carbonyl (C=O) groups is 1. The van der Waals surface area contributed by atoms with E-state index < -0.39 is 5.91 Å². The zero-order chi connectivity index (χ0) is 14.3. The third-order valence-electron chi connectivity index (χ3n) is 2.50. The highest BCUT2D eigenvalue weighted by Gasteiger charge is 2.10. The van der Waals surface area contributed by atoms with Gasteiger partial charge in [-0.2, -0.15) is 5.26 Å². The number of carbonyl (C=O) groups excluding carboxylic acids is 1. The number of aliphatic hydroxyl groups is 1. The van der Waals surface area contributed by atoms with Crippen LogP contribution in [0.2, 0.25) is 0 Å². The molecule has 5 heteroatoms. The molecule has 0 aliphatic carbocycles. The summed E-state index contributed by atoms with van der Waals surface area (Å²) in [5.74, 6) is -0.472. The molecule has 1 rings (SSSR count). The van der Waals surface area contributed by atoms with Crippen molar-refractivity contribution in [2.45, 2.75) is 13.8 Å². The Labute approximate surface area is 112 Å². The van der Waals surface area contributed by atoms with Crippen LogP contribution in [0.4, 0.5) is 5.69 Å². The number of hydrogen-bond donors (Lipinski definition) is 3. The molecule has 1 aromatic rings. The molecule has 0 unspecified atom stereocenters. The fourth-order valence-electron chi connectivity index (χ4n) is 1.53. The number of anilines is 1. The van der Waals surface area contributed by atoms with Gasteiger partial charge in [-0.3, -0.25) is 4.79 Å². The molecule has 0 aliphatic heterocycles. The lowest BCUT2D eigenvalue weighted by Crippen LogP contribution is -2.18. The summed E-state index contributed by atoms with van der Waals surface area (Å²) >= 11 is 0. The van der Waals surface area contributed by atoms with Crippen LogP contribution >= 0.6 is 0 Å². The number of benzene rings is 1. The topological polar surface area (TPSA) is 85.2 Å². The van der Waals surface area contributed by atoms with Crippen molar-refractivity contribution in [2.75, 3.05) is 18.5 Å². The summed E-state index contributed by atoms with van der Waals surface area (Å²) in [4.78, 5) is 11.9. The van der Waals surface area contributed by atoms with Gasteiger partial charge in [0.15, 0.2) is 0 Å². The van der Waals surface area contributed by atoms with Gasteiger partial charge < -0.3 is 15.7 Å². The molecule has 0 fully saturated rings. The van der Waals surface area contributed by atoms with Crippen molar-refractivity contribution in [3.05, 3.63) is 41.1 Å². The number of nitrogens with one attached hydrogen (secondary N) is 2. The Balaban J connectivity index is 2.77. The van der Waals surface area contributed by atoms with E-state index in [4.69, 9.17) is 10.4 Å². The Morgan fingerprint density at radius 1 is 1.47 bits per heavy atom. The van der Waals surface area contributed by atoms with Crippen LogP contribution in [0.5, 0.6) is 0 Å². The van der Waals surface area contributed by atoms with Gasteiger partial charge in [0.05, 0.1) is 6.61 Å². The molecule has 0 radical (unpaired) electrons. The molecule has 1 amide bonds. The summed E-state index contributed by atoms with van der Waals surface area (Å²) in [6, 6.07) is 7.47. The minimum absolute atomic E-state index is 0.0339. The number of nitriles is 1. The minimum atomic E-state index is -0.472. The van der Waals surface area contributed by atoms with E-state index in [0.717, 1.165) is 11.1 Å². The van der Waals surface area contributed by atoms with Crippen LogP contribution in [0.15, 0.2) is 30.0 Å². The molecule has 0 spiro atoms. The molecule has 0 aromatic heterocycles. The lowest BCUT2D eigenvalue weighted by molar-refractivity contribution is -0.112. The summed E-state index contributed by atoms with van der Waals surface area (Å²) in [5, 5.41) is 22.9. The Morgan fingerprint density at radius 2 is 2.21 bits per heavy atom. The number of nitrogens with zero attached hydrogens (tertiary/aromatic N) is 1. The van der Waals surface area contributed by atoms with E-state index >= 15 is 0 Å². The van der Waals surface area contributed by atoms with Gasteiger partial charge in [-0.05, 0) is 25.5 Å². The Bertz CT molecular complexity index is 530. The van der Waals surface area contributed by atoms with Gasteiger partial charge in [0.25, 0.3) is 5.91 Å². The van der Waals surface area contributed by atoms with Crippen molar-refractivity contribution in [3.63, 3.8) is 0 Å². The number of rotatable bonds is 5. The molecule has 3 N–H and O–H groups in total. The first-order valence-corrected chi connectivity index (χ1v) is 5.91. The van der Waals surface area contributed by atoms with E-state index in [-0.39, 0.29) is 12.2 Å². The number of hydrogen-bond acceptors (Lipinski definition) is 4. The molecule has 5 nitrogen and oxygen atoms in total. The molecule has 19 heavy (non-hydrogen) atoms. The molecule has 1 aromatic carbocycles. The van der Waals surface area contributed by atoms with Crippen LogP contribution in [0.25, 0.3) is 0 Å². The zero-order valence-corrected chi connectivity index (χ0v) is 11.0. The Kier molecular flexibility index (Phi) is 5.58. The van der Waals surface area contributed by atoms with Gasteiger partial charge in [-0.25, -0.2) is 0 Å². The fourth-order valence-corrected chi connectivity index (χ4v) is 1.53. The summed E-state index contributed by atoms with van der Waals surface area (Å²) < 4.78 is 0. The second-order valence-electron chi connectivity index (χ2n) is 4.12. The molecule has 0 heterocycles. The first-order chi connectivity index (χ1) is 9.08. The van der Waals surface area contributed by atoms with E-state index in [1.54, 1.807) is 6.07 Å². The molecule has 100 valence electrons. The van der Waals surface area contributed by atoms with Crippen molar-refractivity contribution < 1.29 is 9.90 Å². The minimum Gasteiger partial charge on any atom is -0.395 e. The van der Waals surface area contributed by atoms with Crippen LogP contribution < -0.4 is 10.6 Å². The van der Waals surface area contributed by atoms with Crippen molar-refractivity contribution in [1.29, 1.82) is 5.26 Å². The number of aliphatic hydroxyl groups excluding tert-OH is 1. The molecule has 0 atom stereocenters. The van der Waals surface area contributed by atoms with Crippen LogP contribution in [0.1, 0.15) is 11.1 Å². The summed E-state index contributed by atoms with van der Waals surface area (Å²) in [5.41, 5.74) is 2.69. The summed E-state index contributed by atoms with van der Waals surface area (Å²) in [6.45, 7) is 4.09. The number of amides is 1. The number of aryl methyl sites for hydroxylation is 2. The second-order valence-corrected chi connectivity index (χ2v) is 4.12. The van der Waals surface area contributed by atoms with Gasteiger partial charge in [0.2, 0.25) is 0 Å². The third-order valence-corrected chi connectivity index (χ3v) is 2.50. The first-order valence-electron chi connectivity index (χ1n) is 5.91. The summed E-state index contributed by atoms with van der Waals surface area (Å²) in [6.07, 6.45) is 1.30. The molecular formula is C14H17N3O2. The normalized spacial score (nSPS) is 10.7. The van der Waals surface area contributed by atoms with E-state index in [1.165, 1.54) is 6.20 Å². The molecule has 0 bridgehead atoms. The standard InChI is InChI=1S/C14H17N3O2/c1-10-3-4-13(11(2)7-10)17-14(19)12(8-15)9-16-5-6-18/h3-4,7,9,16,18H,5-6H2,1-2H3,(H,17,19)/b12-9-. The van der Waals surface area contributed by atoms with Crippen LogP contribution in [-0.2, 0) is 4.79 Å². The first kappa shape index (κ1) is 14.7. The van der Waals surface area contributed by atoms with Gasteiger partial charge in [0, 0.05) is 18.4 Å². The maximum Gasteiger partial charge on any atom is 0.267 e. The predicted molar refractivity (Wildman–Crippen MR) is 73.3 cm³/mol. The SMILES string of the molecule is Cc1ccc(NC(=O)/C(C#N)=C\NCCO)c(C)c1. The maximum absolute atomic E-state index is 11.9. The zero-order valence-electron chi connectivity index (χ0n) is 11.0. The fraction of sp³-hybridized carbons (Fsp3) is 0.286. The smallest absolute Gasteiger partial charge is 0.267 e. The van der Waals surface area contributed by atoms with Crippen molar-refractivity contribution in [1.82, 2.24) is 5.32 Å². The van der Waals surface area contributed by atoms with Crippen molar-refractivity contribution in [2.24, 2.45) is 0 Å². The lowest BCUT2D eigenvalue weighted by Gasteiger charge is -2.08. The monoisotopic (exact) mass is 259 g/mol. The quantitative estimate of drug-likeness (QED) is 0.422. The highest BCUT2D eigenvalue weighted by atomic mass is 16.3. The molecule has 0 aliphatic rings. The lowest BCUT2D eigenvalue weighted by atomic mass is 10.1. The largest absolute Gasteiger partial charge is 0.395 e. The van der Waals surface area contributed by atoms with E-state index in [2.05, 4.69) is 10.6 Å². The van der Waals surface area contributed by atoms with Crippen LogP contribution in [0, 0.1) is 25.2 Å². The average Bonchev–Trinajstić information content (AvgIpc) is 2.38. The van der Waals surface area contributed by atoms with E-state index in [0.29, 0.717) is 12.2 Å².